The lowest BCUT2D eigenvalue weighted by Gasteiger charge is -2.45. The van der Waals surface area contributed by atoms with Gasteiger partial charge in [-0.1, -0.05) is 170 Å². The molecule has 0 amide bonds. The molecule has 0 saturated heterocycles. The Bertz CT molecular complexity index is 4860. The summed E-state index contributed by atoms with van der Waals surface area (Å²) in [5.74, 6) is 0. The van der Waals surface area contributed by atoms with Gasteiger partial charge in [-0.2, -0.15) is 0 Å². The predicted octanol–water partition coefficient (Wildman–Crippen LogP) is 20.8. The van der Waals surface area contributed by atoms with Gasteiger partial charge in [-0.05, 0) is 186 Å². The highest BCUT2D eigenvalue weighted by atomic mass is 15.2. The second kappa shape index (κ2) is 19.1. The van der Waals surface area contributed by atoms with Crippen molar-refractivity contribution in [2.45, 2.75) is 18.3 Å². The van der Waals surface area contributed by atoms with Crippen LogP contribution in [-0.2, 0) is 11.8 Å². The van der Waals surface area contributed by atoms with Gasteiger partial charge in [-0.15, -0.1) is 0 Å². The SMILES string of the molecule is C1=Cc2c(n(-c3ccccc3)c3ccc(N(c4ccccc4)c4ccc5c(c4)C4(c6cc(N(c7ccccc7)c7ccc8c(c7)c7ccccc7n8-c7ccccc7)ccc6-5)c5ccccc5N(c5ccccc5)c5ccccc54)cc23)CC1. The molecule has 0 unspecified atom stereocenters. The quantitative estimate of drug-likeness (QED) is 0.144. The summed E-state index contributed by atoms with van der Waals surface area (Å²) >= 11 is 0. The van der Waals surface area contributed by atoms with Gasteiger partial charge in [-0.3, -0.25) is 0 Å². The van der Waals surface area contributed by atoms with Crippen LogP contribution in [-0.4, -0.2) is 9.13 Å². The third-order valence-corrected chi connectivity index (χ3v) is 17.9. The summed E-state index contributed by atoms with van der Waals surface area (Å²) in [5, 5.41) is 3.67. The number of aromatic nitrogens is 2. The molecule has 0 saturated carbocycles. The zero-order valence-electron chi connectivity index (χ0n) is 46.1. The molecule has 1 aliphatic heterocycles. The number of fused-ring (bicyclic) bond motifs is 15. The summed E-state index contributed by atoms with van der Waals surface area (Å²) in [5.41, 5.74) is 25.2. The van der Waals surface area contributed by atoms with Crippen molar-refractivity contribution < 1.29 is 0 Å². The van der Waals surface area contributed by atoms with Crippen LogP contribution < -0.4 is 14.7 Å². The lowest BCUT2D eigenvalue weighted by Crippen LogP contribution is -2.36. The van der Waals surface area contributed by atoms with E-state index < -0.39 is 5.41 Å². The minimum Gasteiger partial charge on any atom is -0.313 e. The Balaban J connectivity index is 0.908. The summed E-state index contributed by atoms with van der Waals surface area (Å²) < 4.78 is 4.88. The van der Waals surface area contributed by atoms with Crippen molar-refractivity contribution in [2.24, 2.45) is 0 Å². The molecular weight excluding hydrogens is 1020 g/mol. The largest absolute Gasteiger partial charge is 0.313 e. The summed E-state index contributed by atoms with van der Waals surface area (Å²) in [6.07, 6.45) is 6.70. The fourth-order valence-corrected chi connectivity index (χ4v) is 14.5. The summed E-state index contributed by atoms with van der Waals surface area (Å²) in [6.45, 7) is 0. The third-order valence-electron chi connectivity index (χ3n) is 17.9. The van der Waals surface area contributed by atoms with Crippen molar-refractivity contribution in [2.75, 3.05) is 14.7 Å². The molecular formula is C79H55N5. The Morgan fingerprint density at radius 2 is 0.738 bits per heavy atom. The summed E-state index contributed by atoms with van der Waals surface area (Å²) in [4.78, 5) is 7.40. The molecule has 5 heteroatoms. The molecule has 0 bridgehead atoms. The average molecular weight is 1070 g/mol. The zero-order chi connectivity index (χ0) is 55.3. The first-order valence-electron chi connectivity index (χ1n) is 29.2. The first-order chi connectivity index (χ1) is 41.7. The number of anilines is 9. The van der Waals surface area contributed by atoms with Gasteiger partial charge in [0.15, 0.2) is 0 Å². The molecule has 14 aromatic rings. The van der Waals surface area contributed by atoms with E-state index in [4.69, 9.17) is 0 Å². The number of nitrogens with zero attached hydrogens (tertiary/aromatic N) is 5. The van der Waals surface area contributed by atoms with Crippen LogP contribution in [0.15, 0.2) is 303 Å². The lowest BCUT2D eigenvalue weighted by atomic mass is 9.64. The van der Waals surface area contributed by atoms with Crippen LogP contribution in [0.4, 0.5) is 51.2 Å². The van der Waals surface area contributed by atoms with Crippen LogP contribution in [0.25, 0.3) is 61.3 Å². The van der Waals surface area contributed by atoms with E-state index in [0.29, 0.717) is 0 Å². The normalized spacial score (nSPS) is 13.4. The monoisotopic (exact) mass is 1070 g/mol. The van der Waals surface area contributed by atoms with E-state index in [1.165, 1.54) is 83.0 Å². The standard InChI is InChI=1S/C79H55N5/c1-6-24-54(25-7-1)80(59-44-48-75-67(50-59)65-34-16-20-38-73(65)82(75)56-28-10-3-11-29-56)61-42-46-63-64-47-43-62(53-72(64)79(71(63)52-61)69-36-18-22-40-77(69)84(58-32-14-5-15-33-58)78-41-23-19-37-70(78)79)81(55-26-8-2-9-27-55)60-45-49-76-68(51-60)66-35-17-21-39-74(66)83(76)57-30-12-4-13-31-57/h1-20,22-38,40-53H,21,39H2. The topological polar surface area (TPSA) is 19.6 Å². The number of hydrogen-bond donors (Lipinski definition) is 0. The van der Waals surface area contributed by atoms with E-state index in [1.54, 1.807) is 0 Å². The molecule has 84 heavy (non-hydrogen) atoms. The van der Waals surface area contributed by atoms with E-state index in [1.807, 2.05) is 0 Å². The maximum Gasteiger partial charge on any atom is 0.0755 e. The lowest BCUT2D eigenvalue weighted by molar-refractivity contribution is 0.752. The maximum atomic E-state index is 2.52. The fraction of sp³-hybridized carbons (Fsp3) is 0.0380. The number of benzene rings is 12. The smallest absolute Gasteiger partial charge is 0.0755 e. The highest BCUT2D eigenvalue weighted by Crippen LogP contribution is 2.65. The molecule has 2 aromatic heterocycles. The van der Waals surface area contributed by atoms with Crippen molar-refractivity contribution in [3.05, 3.63) is 337 Å². The van der Waals surface area contributed by atoms with Gasteiger partial charge in [0.1, 0.15) is 0 Å². The molecule has 12 aromatic carbocycles. The Hall–Kier alpha value is -10.9. The number of rotatable bonds is 9. The summed E-state index contributed by atoms with van der Waals surface area (Å²) in [7, 11) is 0. The molecule has 0 N–H and O–H groups in total. The summed E-state index contributed by atoms with van der Waals surface area (Å²) in [6, 6.07) is 110. The molecule has 0 atom stereocenters. The molecule has 2 aliphatic carbocycles. The van der Waals surface area contributed by atoms with Crippen LogP contribution >= 0.6 is 0 Å². The minimum absolute atomic E-state index is 0.756. The molecule has 3 aliphatic rings. The van der Waals surface area contributed by atoms with Gasteiger partial charge in [0, 0.05) is 78.6 Å². The van der Waals surface area contributed by atoms with Crippen LogP contribution in [0.1, 0.15) is 39.9 Å². The molecule has 396 valence electrons. The van der Waals surface area contributed by atoms with Gasteiger partial charge in [-0.25, -0.2) is 0 Å². The fourth-order valence-electron chi connectivity index (χ4n) is 14.5. The van der Waals surface area contributed by atoms with E-state index in [0.717, 1.165) is 69.7 Å². The van der Waals surface area contributed by atoms with Crippen molar-refractivity contribution in [3.63, 3.8) is 0 Å². The Kier molecular flexibility index (Phi) is 10.9. The Labute approximate surface area is 488 Å². The molecule has 0 fully saturated rings. The maximum absolute atomic E-state index is 2.52. The van der Waals surface area contributed by atoms with E-state index in [-0.39, 0.29) is 0 Å². The van der Waals surface area contributed by atoms with Gasteiger partial charge >= 0.3 is 0 Å². The zero-order valence-corrected chi connectivity index (χ0v) is 46.1. The van der Waals surface area contributed by atoms with Crippen molar-refractivity contribution in [1.29, 1.82) is 0 Å². The molecule has 5 nitrogen and oxygen atoms in total. The van der Waals surface area contributed by atoms with Gasteiger partial charge in [0.25, 0.3) is 0 Å². The van der Waals surface area contributed by atoms with E-state index in [2.05, 4.69) is 333 Å². The first kappa shape index (κ1) is 47.9. The highest BCUT2D eigenvalue weighted by Gasteiger charge is 2.52. The first-order valence-corrected chi connectivity index (χ1v) is 29.2. The van der Waals surface area contributed by atoms with E-state index in [9.17, 15) is 0 Å². The molecule has 3 heterocycles. The van der Waals surface area contributed by atoms with Crippen LogP contribution in [0.5, 0.6) is 0 Å². The second-order valence-corrected chi connectivity index (χ2v) is 22.3. The average Bonchev–Trinajstić information content (AvgIpc) is 1.52. The number of allylic oxidation sites excluding steroid dienone is 1. The van der Waals surface area contributed by atoms with Crippen molar-refractivity contribution >= 4 is 90.0 Å². The molecule has 17 rings (SSSR count). The van der Waals surface area contributed by atoms with Crippen molar-refractivity contribution in [1.82, 2.24) is 9.13 Å². The second-order valence-electron chi connectivity index (χ2n) is 22.3. The predicted molar refractivity (Wildman–Crippen MR) is 350 cm³/mol. The molecule has 0 radical (unpaired) electrons. The highest BCUT2D eigenvalue weighted by molar-refractivity contribution is 6.11. The molecule has 1 spiro atoms. The third kappa shape index (κ3) is 7.15. The number of para-hydroxylation sites is 8. The Morgan fingerprint density at radius 1 is 0.310 bits per heavy atom. The van der Waals surface area contributed by atoms with E-state index >= 15 is 0 Å². The van der Waals surface area contributed by atoms with Crippen LogP contribution in [0, 0.1) is 0 Å². The van der Waals surface area contributed by atoms with Gasteiger partial charge in [0.05, 0.1) is 33.3 Å². The van der Waals surface area contributed by atoms with Crippen molar-refractivity contribution in [3.8, 4) is 22.5 Å². The van der Waals surface area contributed by atoms with Gasteiger partial charge in [0.2, 0.25) is 0 Å². The number of hydrogen-bond acceptors (Lipinski definition) is 3. The van der Waals surface area contributed by atoms with Crippen LogP contribution in [0.3, 0.4) is 0 Å². The van der Waals surface area contributed by atoms with Gasteiger partial charge < -0.3 is 23.8 Å². The Morgan fingerprint density at radius 3 is 1.31 bits per heavy atom. The minimum atomic E-state index is -0.756. The van der Waals surface area contributed by atoms with Crippen LogP contribution in [0.2, 0.25) is 0 Å².